The standard InChI is InChI=1S/C7H8FNO2S/c1-12(10,11)7-4-2-6(9-8)3-5-7/h2-5,9H,1H3. The molecule has 0 radical (unpaired) electrons. The van der Waals surface area contributed by atoms with Crippen LogP contribution in [0.25, 0.3) is 0 Å². The number of hydrogen-bond acceptors (Lipinski definition) is 3. The summed E-state index contributed by atoms with van der Waals surface area (Å²) in [5.41, 5.74) is 1.65. The van der Waals surface area contributed by atoms with Crippen molar-refractivity contribution in [3.05, 3.63) is 24.3 Å². The predicted octanol–water partition coefficient (Wildman–Crippen LogP) is 1.39. The minimum Gasteiger partial charge on any atom is -0.225 e. The molecule has 0 spiro atoms. The van der Waals surface area contributed by atoms with E-state index in [1.807, 2.05) is 0 Å². The predicted molar refractivity (Wildman–Crippen MR) is 44.3 cm³/mol. The molecule has 0 aliphatic carbocycles. The van der Waals surface area contributed by atoms with Crippen molar-refractivity contribution < 1.29 is 12.9 Å². The zero-order chi connectivity index (χ0) is 9.19. The van der Waals surface area contributed by atoms with Crippen molar-refractivity contribution in [2.24, 2.45) is 0 Å². The first kappa shape index (κ1) is 8.99. The minimum atomic E-state index is -3.18. The molecular weight excluding hydrogens is 181 g/mol. The summed E-state index contributed by atoms with van der Waals surface area (Å²) < 4.78 is 33.6. The van der Waals surface area contributed by atoms with E-state index in [0.29, 0.717) is 0 Å². The zero-order valence-electron chi connectivity index (χ0n) is 6.41. The molecule has 0 unspecified atom stereocenters. The molecule has 1 aromatic rings. The topological polar surface area (TPSA) is 46.2 Å². The Bertz CT molecular complexity index is 357. The Morgan fingerprint density at radius 2 is 1.75 bits per heavy atom. The average molecular weight is 189 g/mol. The normalized spacial score (nSPS) is 11.2. The van der Waals surface area contributed by atoms with Crippen LogP contribution in [0.5, 0.6) is 0 Å². The molecule has 1 rings (SSSR count). The first-order chi connectivity index (χ1) is 5.54. The van der Waals surface area contributed by atoms with Crippen LogP contribution in [0.3, 0.4) is 0 Å². The molecule has 0 fully saturated rings. The Kier molecular flexibility index (Phi) is 2.32. The Hall–Kier alpha value is -1.10. The van der Waals surface area contributed by atoms with E-state index < -0.39 is 9.84 Å². The lowest BCUT2D eigenvalue weighted by Gasteiger charge is -1.98. The van der Waals surface area contributed by atoms with Gasteiger partial charge in [-0.3, -0.25) is 0 Å². The fourth-order valence-electron chi connectivity index (χ4n) is 0.765. The molecule has 0 atom stereocenters. The van der Waals surface area contributed by atoms with Gasteiger partial charge >= 0.3 is 0 Å². The van der Waals surface area contributed by atoms with E-state index in [4.69, 9.17) is 0 Å². The van der Waals surface area contributed by atoms with E-state index in [1.54, 1.807) is 0 Å². The summed E-state index contributed by atoms with van der Waals surface area (Å²) in [5, 5.41) is 0. The quantitative estimate of drug-likeness (QED) is 0.715. The third-order valence-electron chi connectivity index (χ3n) is 1.39. The molecule has 1 N–H and O–H groups in total. The molecule has 0 aromatic heterocycles. The van der Waals surface area contributed by atoms with Gasteiger partial charge in [0.1, 0.15) is 0 Å². The number of hydrogen-bond donors (Lipinski definition) is 1. The summed E-state index contributed by atoms with van der Waals surface area (Å²) in [6.07, 6.45) is 1.10. The van der Waals surface area contributed by atoms with Gasteiger partial charge < -0.3 is 0 Å². The first-order valence-corrected chi connectivity index (χ1v) is 5.10. The molecule has 1 aromatic carbocycles. The summed E-state index contributed by atoms with van der Waals surface area (Å²) in [4.78, 5) is 0.182. The van der Waals surface area contributed by atoms with Crippen molar-refractivity contribution in [2.45, 2.75) is 4.90 Å². The van der Waals surface area contributed by atoms with Crippen LogP contribution in [-0.2, 0) is 9.84 Å². The maximum absolute atomic E-state index is 11.8. The number of rotatable bonds is 2. The molecule has 0 amide bonds. The van der Waals surface area contributed by atoms with Crippen LogP contribution in [0, 0.1) is 0 Å². The van der Waals surface area contributed by atoms with Crippen LogP contribution in [0.1, 0.15) is 0 Å². The molecule has 66 valence electrons. The molecule has 0 saturated carbocycles. The van der Waals surface area contributed by atoms with Gasteiger partial charge in [0.15, 0.2) is 9.84 Å². The fourth-order valence-corrected chi connectivity index (χ4v) is 1.40. The molecule has 0 aliphatic heterocycles. The average Bonchev–Trinajstić information content (AvgIpc) is 2.03. The highest BCUT2D eigenvalue weighted by atomic mass is 32.2. The minimum absolute atomic E-state index is 0.182. The number of benzene rings is 1. The number of anilines is 1. The van der Waals surface area contributed by atoms with Crippen LogP contribution in [-0.4, -0.2) is 14.7 Å². The summed E-state index contributed by atoms with van der Waals surface area (Å²) in [5.74, 6) is 0. The molecule has 0 bridgehead atoms. The summed E-state index contributed by atoms with van der Waals surface area (Å²) in [6.45, 7) is 0. The molecule has 0 saturated heterocycles. The van der Waals surface area contributed by atoms with Crippen molar-refractivity contribution >= 4 is 15.5 Å². The lowest BCUT2D eigenvalue weighted by molar-refractivity contribution is 0.601. The Balaban J connectivity index is 3.09. The van der Waals surface area contributed by atoms with Gasteiger partial charge in [0.25, 0.3) is 0 Å². The zero-order valence-corrected chi connectivity index (χ0v) is 7.23. The van der Waals surface area contributed by atoms with E-state index >= 15 is 0 Å². The van der Waals surface area contributed by atoms with E-state index in [0.717, 1.165) is 6.26 Å². The second-order valence-corrected chi connectivity index (χ2v) is 4.41. The number of halogens is 1. The Morgan fingerprint density at radius 1 is 1.25 bits per heavy atom. The largest absolute Gasteiger partial charge is 0.225 e. The van der Waals surface area contributed by atoms with Gasteiger partial charge in [-0.25, -0.2) is 14.0 Å². The van der Waals surface area contributed by atoms with Gasteiger partial charge in [-0.05, 0) is 24.3 Å². The lowest BCUT2D eigenvalue weighted by atomic mass is 10.3. The van der Waals surface area contributed by atoms with Crippen molar-refractivity contribution in [3.63, 3.8) is 0 Å². The van der Waals surface area contributed by atoms with E-state index in [9.17, 15) is 12.9 Å². The monoisotopic (exact) mass is 189 g/mol. The molecule has 12 heavy (non-hydrogen) atoms. The summed E-state index contributed by atoms with van der Waals surface area (Å²) in [6, 6.07) is 5.40. The third-order valence-corrected chi connectivity index (χ3v) is 2.52. The highest BCUT2D eigenvalue weighted by molar-refractivity contribution is 7.90. The lowest BCUT2D eigenvalue weighted by Crippen LogP contribution is -1.96. The third kappa shape index (κ3) is 1.94. The van der Waals surface area contributed by atoms with Crippen molar-refractivity contribution in [3.8, 4) is 0 Å². The number of nitrogens with one attached hydrogen (secondary N) is 1. The van der Waals surface area contributed by atoms with E-state index in [-0.39, 0.29) is 10.6 Å². The van der Waals surface area contributed by atoms with Crippen molar-refractivity contribution in [2.75, 3.05) is 11.8 Å². The van der Waals surface area contributed by atoms with Crippen LogP contribution >= 0.6 is 0 Å². The van der Waals surface area contributed by atoms with Gasteiger partial charge in [0.2, 0.25) is 0 Å². The summed E-state index contributed by atoms with van der Waals surface area (Å²) >= 11 is 0. The molecule has 3 nitrogen and oxygen atoms in total. The van der Waals surface area contributed by atoms with Crippen LogP contribution in [0.15, 0.2) is 29.2 Å². The van der Waals surface area contributed by atoms with E-state index in [2.05, 4.69) is 0 Å². The SMILES string of the molecule is CS(=O)(=O)c1ccc(NF)cc1. The van der Waals surface area contributed by atoms with Gasteiger partial charge in [0, 0.05) is 6.26 Å². The van der Waals surface area contributed by atoms with Crippen LogP contribution < -0.4 is 5.54 Å². The Labute approximate surface area is 70.1 Å². The van der Waals surface area contributed by atoms with Crippen LogP contribution in [0.2, 0.25) is 0 Å². The highest BCUT2D eigenvalue weighted by Gasteiger charge is 2.05. The second kappa shape index (κ2) is 3.10. The maximum atomic E-state index is 11.8. The van der Waals surface area contributed by atoms with Gasteiger partial charge in [-0.2, -0.15) is 0 Å². The first-order valence-electron chi connectivity index (χ1n) is 3.21. The molecule has 0 heterocycles. The maximum Gasteiger partial charge on any atom is 0.175 e. The second-order valence-electron chi connectivity index (χ2n) is 2.39. The smallest absolute Gasteiger partial charge is 0.175 e. The van der Waals surface area contributed by atoms with Gasteiger partial charge in [-0.15, -0.1) is 4.48 Å². The fraction of sp³-hybridized carbons (Fsp3) is 0.143. The van der Waals surface area contributed by atoms with Crippen molar-refractivity contribution in [1.29, 1.82) is 0 Å². The summed E-state index contributed by atoms with van der Waals surface area (Å²) in [7, 11) is -3.18. The molecule has 5 heteroatoms. The molecule has 0 aliphatic rings. The van der Waals surface area contributed by atoms with Gasteiger partial charge in [-0.1, -0.05) is 0 Å². The highest BCUT2D eigenvalue weighted by Crippen LogP contribution is 2.13. The van der Waals surface area contributed by atoms with Crippen LogP contribution in [0.4, 0.5) is 10.2 Å². The Morgan fingerprint density at radius 3 is 2.08 bits per heavy atom. The van der Waals surface area contributed by atoms with Crippen molar-refractivity contribution in [1.82, 2.24) is 0 Å². The van der Waals surface area contributed by atoms with E-state index in [1.165, 1.54) is 29.8 Å². The number of sulfone groups is 1. The molecular formula is C7H8FNO2S. The van der Waals surface area contributed by atoms with Gasteiger partial charge in [0.05, 0.1) is 10.6 Å².